The average Bonchev–Trinajstić information content (AvgIpc) is 2.81. The molecule has 2 rings (SSSR count). The number of sulfonamides is 1. The smallest absolute Gasteiger partial charge is 0.243 e. The van der Waals surface area contributed by atoms with E-state index in [2.05, 4.69) is 4.72 Å². The van der Waals surface area contributed by atoms with Crippen LogP contribution in [-0.4, -0.2) is 27.7 Å². The Morgan fingerprint density at radius 1 is 1.47 bits per heavy atom. The molecule has 1 atom stereocenters. The van der Waals surface area contributed by atoms with E-state index in [1.807, 2.05) is 0 Å². The molecule has 0 aromatic heterocycles. The monoisotopic (exact) mass is 287 g/mol. The molecular formula is C13H18FNO3S. The topological polar surface area (TPSA) is 55.4 Å². The molecule has 1 aliphatic rings. The van der Waals surface area contributed by atoms with E-state index in [0.717, 1.165) is 19.4 Å². The number of benzene rings is 1. The summed E-state index contributed by atoms with van der Waals surface area (Å²) >= 11 is 0. The van der Waals surface area contributed by atoms with Crippen molar-refractivity contribution in [2.45, 2.75) is 37.2 Å². The minimum Gasteiger partial charge on any atom is -0.378 e. The molecule has 19 heavy (non-hydrogen) atoms. The van der Waals surface area contributed by atoms with Crippen LogP contribution in [0.3, 0.4) is 0 Å². The van der Waals surface area contributed by atoms with Crippen molar-refractivity contribution in [2.75, 3.05) is 13.2 Å². The van der Waals surface area contributed by atoms with E-state index in [1.165, 1.54) is 12.1 Å². The molecule has 1 aromatic rings. The molecule has 1 saturated heterocycles. The quantitative estimate of drug-likeness (QED) is 0.901. The number of rotatable bonds is 5. The molecule has 1 aliphatic heterocycles. The summed E-state index contributed by atoms with van der Waals surface area (Å²) in [6, 6.07) is 4.09. The van der Waals surface area contributed by atoms with Crippen LogP contribution in [0.5, 0.6) is 0 Å². The predicted octanol–water partition coefficient (Wildman–Crippen LogP) is 1.98. The van der Waals surface area contributed by atoms with E-state index < -0.39 is 15.8 Å². The van der Waals surface area contributed by atoms with Gasteiger partial charge in [-0.1, -0.05) is 6.07 Å². The second-order valence-corrected chi connectivity index (χ2v) is 6.49. The second-order valence-electron chi connectivity index (χ2n) is 4.76. The highest BCUT2D eigenvalue weighted by Crippen LogP contribution is 2.17. The van der Waals surface area contributed by atoms with Crippen molar-refractivity contribution in [3.8, 4) is 0 Å². The van der Waals surface area contributed by atoms with Gasteiger partial charge in [0, 0.05) is 13.2 Å². The number of ether oxygens (including phenoxy) is 1. The molecule has 0 saturated carbocycles. The summed E-state index contributed by atoms with van der Waals surface area (Å²) in [7, 11) is -3.78. The van der Waals surface area contributed by atoms with Gasteiger partial charge in [-0.25, -0.2) is 17.5 Å². The Kier molecular flexibility index (Phi) is 4.54. The Morgan fingerprint density at radius 2 is 2.26 bits per heavy atom. The first-order valence-electron chi connectivity index (χ1n) is 6.36. The molecule has 4 nitrogen and oxygen atoms in total. The standard InChI is InChI=1S/C13H18FNO3S/c1-10-4-5-13(12(14)9-10)19(16,17)15-7-6-11-3-2-8-18-11/h4-5,9,11,15H,2-3,6-8H2,1H3/t11-/m0/s1. The third-order valence-electron chi connectivity index (χ3n) is 3.16. The fraction of sp³-hybridized carbons (Fsp3) is 0.538. The Hall–Kier alpha value is -0.980. The van der Waals surface area contributed by atoms with Gasteiger partial charge in [0.15, 0.2) is 0 Å². The fourth-order valence-electron chi connectivity index (χ4n) is 2.13. The summed E-state index contributed by atoms with van der Waals surface area (Å²) in [5.74, 6) is -0.718. The fourth-order valence-corrected chi connectivity index (χ4v) is 3.23. The van der Waals surface area contributed by atoms with Crippen LogP contribution in [0.2, 0.25) is 0 Å². The van der Waals surface area contributed by atoms with Crippen molar-refractivity contribution in [2.24, 2.45) is 0 Å². The predicted molar refractivity (Wildman–Crippen MR) is 69.9 cm³/mol. The van der Waals surface area contributed by atoms with Crippen LogP contribution in [0, 0.1) is 12.7 Å². The Morgan fingerprint density at radius 3 is 2.89 bits per heavy atom. The Bertz CT molecular complexity index is 539. The van der Waals surface area contributed by atoms with E-state index in [-0.39, 0.29) is 17.5 Å². The van der Waals surface area contributed by atoms with Gasteiger partial charge in [0.2, 0.25) is 10.0 Å². The SMILES string of the molecule is Cc1ccc(S(=O)(=O)NCC[C@@H]2CCCO2)c(F)c1. The number of nitrogens with one attached hydrogen (secondary N) is 1. The lowest BCUT2D eigenvalue weighted by molar-refractivity contribution is 0.105. The molecule has 6 heteroatoms. The lowest BCUT2D eigenvalue weighted by atomic mass is 10.2. The molecule has 0 amide bonds. The highest BCUT2D eigenvalue weighted by Gasteiger charge is 2.20. The average molecular weight is 287 g/mol. The molecule has 0 bridgehead atoms. The van der Waals surface area contributed by atoms with Gasteiger partial charge >= 0.3 is 0 Å². The summed E-state index contributed by atoms with van der Waals surface area (Å²) < 4.78 is 45.3. The molecule has 0 unspecified atom stereocenters. The van der Waals surface area contributed by atoms with Crippen LogP contribution in [0.25, 0.3) is 0 Å². The van der Waals surface area contributed by atoms with E-state index >= 15 is 0 Å². The van der Waals surface area contributed by atoms with Crippen LogP contribution in [-0.2, 0) is 14.8 Å². The minimum atomic E-state index is -3.78. The van der Waals surface area contributed by atoms with Gasteiger partial charge in [0.1, 0.15) is 10.7 Å². The first-order valence-corrected chi connectivity index (χ1v) is 7.85. The molecule has 1 fully saturated rings. The van der Waals surface area contributed by atoms with Gasteiger partial charge in [-0.15, -0.1) is 0 Å². The first-order chi connectivity index (χ1) is 8.99. The van der Waals surface area contributed by atoms with Crippen molar-refractivity contribution < 1.29 is 17.5 Å². The van der Waals surface area contributed by atoms with Crippen LogP contribution < -0.4 is 4.72 Å². The molecule has 0 spiro atoms. The van der Waals surface area contributed by atoms with E-state index in [9.17, 15) is 12.8 Å². The number of halogens is 1. The van der Waals surface area contributed by atoms with E-state index in [1.54, 1.807) is 13.0 Å². The van der Waals surface area contributed by atoms with Crippen molar-refractivity contribution in [3.05, 3.63) is 29.6 Å². The van der Waals surface area contributed by atoms with Crippen molar-refractivity contribution in [1.82, 2.24) is 4.72 Å². The molecule has 0 radical (unpaired) electrons. The highest BCUT2D eigenvalue weighted by atomic mass is 32.2. The Balaban J connectivity index is 1.97. The highest BCUT2D eigenvalue weighted by molar-refractivity contribution is 7.89. The maximum absolute atomic E-state index is 13.6. The van der Waals surface area contributed by atoms with Crippen LogP contribution in [0.15, 0.2) is 23.1 Å². The van der Waals surface area contributed by atoms with Gasteiger partial charge in [0.25, 0.3) is 0 Å². The zero-order valence-electron chi connectivity index (χ0n) is 10.9. The third-order valence-corrected chi connectivity index (χ3v) is 4.65. The van der Waals surface area contributed by atoms with Crippen molar-refractivity contribution in [1.29, 1.82) is 0 Å². The number of hydrogen-bond donors (Lipinski definition) is 1. The first kappa shape index (κ1) is 14.4. The van der Waals surface area contributed by atoms with Crippen LogP contribution in [0.1, 0.15) is 24.8 Å². The number of aryl methyl sites for hydroxylation is 1. The summed E-state index contributed by atoms with van der Waals surface area (Å²) in [5, 5.41) is 0. The van der Waals surface area contributed by atoms with Crippen LogP contribution >= 0.6 is 0 Å². The second kappa shape index (κ2) is 5.98. The van der Waals surface area contributed by atoms with E-state index in [4.69, 9.17) is 4.74 Å². The molecule has 1 aromatic carbocycles. The van der Waals surface area contributed by atoms with Gasteiger partial charge < -0.3 is 4.74 Å². The molecule has 1 heterocycles. The lowest BCUT2D eigenvalue weighted by Gasteiger charge is -2.11. The maximum Gasteiger partial charge on any atom is 0.243 e. The van der Waals surface area contributed by atoms with Gasteiger partial charge in [-0.05, 0) is 43.9 Å². The minimum absolute atomic E-state index is 0.116. The van der Waals surface area contributed by atoms with Crippen molar-refractivity contribution in [3.63, 3.8) is 0 Å². The molecule has 106 valence electrons. The summed E-state index contributed by atoms with van der Waals surface area (Å²) in [6.45, 7) is 2.72. The van der Waals surface area contributed by atoms with Gasteiger partial charge in [-0.3, -0.25) is 0 Å². The van der Waals surface area contributed by atoms with Crippen LogP contribution in [0.4, 0.5) is 4.39 Å². The number of hydrogen-bond acceptors (Lipinski definition) is 3. The summed E-state index contributed by atoms with van der Waals surface area (Å²) in [6.07, 6.45) is 2.71. The molecular weight excluding hydrogens is 269 g/mol. The summed E-state index contributed by atoms with van der Waals surface area (Å²) in [4.78, 5) is -0.301. The summed E-state index contributed by atoms with van der Waals surface area (Å²) in [5.41, 5.74) is 0.691. The lowest BCUT2D eigenvalue weighted by Crippen LogP contribution is -2.28. The molecule has 1 N–H and O–H groups in total. The zero-order chi connectivity index (χ0) is 13.9. The third kappa shape index (κ3) is 3.75. The maximum atomic E-state index is 13.6. The molecule has 0 aliphatic carbocycles. The van der Waals surface area contributed by atoms with Gasteiger partial charge in [0.05, 0.1) is 6.10 Å². The zero-order valence-corrected chi connectivity index (χ0v) is 11.7. The Labute approximate surface area is 113 Å². The van der Waals surface area contributed by atoms with Gasteiger partial charge in [-0.2, -0.15) is 0 Å². The van der Waals surface area contributed by atoms with Crippen molar-refractivity contribution >= 4 is 10.0 Å². The largest absolute Gasteiger partial charge is 0.378 e. The normalized spacial score (nSPS) is 19.8. The van der Waals surface area contributed by atoms with E-state index in [0.29, 0.717) is 12.0 Å².